The predicted octanol–water partition coefficient (Wildman–Crippen LogP) is 3.11. The molecule has 0 spiro atoms. The van der Waals surface area contributed by atoms with Gasteiger partial charge in [0.25, 0.3) is 0 Å². The van der Waals surface area contributed by atoms with Gasteiger partial charge in [-0.15, -0.1) is 11.8 Å². The second kappa shape index (κ2) is 6.07. The molecular formula is C16H17BrFN3O2S. The topological polar surface area (TPSA) is 76.4 Å². The Morgan fingerprint density at radius 1 is 1.54 bits per heavy atom. The number of carbonyl (C=O) groups excluding carboxylic acids is 1. The Morgan fingerprint density at radius 2 is 2.25 bits per heavy atom. The van der Waals surface area contributed by atoms with Crippen LogP contribution >= 0.6 is 27.7 Å². The number of thioether (sulfide) groups is 1. The maximum Gasteiger partial charge on any atom is 0.239 e. The molecule has 128 valence electrons. The maximum absolute atomic E-state index is 13.4. The molecule has 1 aromatic rings. The summed E-state index contributed by atoms with van der Waals surface area (Å²) in [5, 5.41) is 20.9. The maximum atomic E-state index is 13.4. The number of aromatic hydroxyl groups is 1. The molecule has 2 atom stereocenters. The highest BCUT2D eigenvalue weighted by atomic mass is 79.9. The van der Waals surface area contributed by atoms with Gasteiger partial charge in [0.1, 0.15) is 0 Å². The third-order valence-corrected chi connectivity index (χ3v) is 6.88. The average molecular weight is 414 g/mol. The predicted molar refractivity (Wildman–Crippen MR) is 95.9 cm³/mol. The van der Waals surface area contributed by atoms with Crippen molar-refractivity contribution >= 4 is 39.6 Å². The Hall–Kier alpha value is -1.54. The summed E-state index contributed by atoms with van der Waals surface area (Å²) in [6.07, 6.45) is 0.857. The zero-order chi connectivity index (χ0) is 17.6. The summed E-state index contributed by atoms with van der Waals surface area (Å²) in [6, 6.07) is 3.95. The molecule has 2 heterocycles. The van der Waals surface area contributed by atoms with Crippen LogP contribution < -0.4 is 5.32 Å². The SMILES string of the molecule is CN1C(=N)N[C@](C)(C2=C(Br)CCS2)C(c2ccc(F)c(O)c2)C1=O. The van der Waals surface area contributed by atoms with Gasteiger partial charge in [0, 0.05) is 22.2 Å². The van der Waals surface area contributed by atoms with Crippen molar-refractivity contribution in [1.82, 2.24) is 10.2 Å². The average Bonchev–Trinajstić information content (AvgIpc) is 2.95. The van der Waals surface area contributed by atoms with Crippen LogP contribution in [0, 0.1) is 11.2 Å². The number of benzene rings is 1. The quantitative estimate of drug-likeness (QED) is 0.695. The molecule has 1 saturated heterocycles. The Morgan fingerprint density at radius 3 is 2.83 bits per heavy atom. The van der Waals surface area contributed by atoms with Gasteiger partial charge in [0.05, 0.1) is 11.5 Å². The molecule has 3 rings (SSSR count). The smallest absolute Gasteiger partial charge is 0.239 e. The molecule has 2 aliphatic heterocycles. The van der Waals surface area contributed by atoms with Gasteiger partial charge >= 0.3 is 0 Å². The van der Waals surface area contributed by atoms with Crippen molar-refractivity contribution in [1.29, 1.82) is 5.41 Å². The number of hydrogen-bond donors (Lipinski definition) is 3. The summed E-state index contributed by atoms with van der Waals surface area (Å²) in [4.78, 5) is 15.1. The summed E-state index contributed by atoms with van der Waals surface area (Å²) in [5.74, 6) is -1.26. The second-order valence-electron chi connectivity index (χ2n) is 6.05. The molecule has 2 aliphatic rings. The molecule has 1 amide bonds. The fraction of sp³-hybridized carbons (Fsp3) is 0.375. The van der Waals surface area contributed by atoms with Crippen LogP contribution in [0.25, 0.3) is 0 Å². The molecule has 1 unspecified atom stereocenters. The number of nitrogens with zero attached hydrogens (tertiary/aromatic N) is 1. The van der Waals surface area contributed by atoms with Gasteiger partial charge in [-0.3, -0.25) is 15.1 Å². The highest BCUT2D eigenvalue weighted by molar-refractivity contribution is 9.11. The van der Waals surface area contributed by atoms with Crippen LogP contribution in [0.2, 0.25) is 0 Å². The van der Waals surface area contributed by atoms with Crippen molar-refractivity contribution in [3.63, 3.8) is 0 Å². The van der Waals surface area contributed by atoms with E-state index in [0.29, 0.717) is 5.56 Å². The normalized spacial score (nSPS) is 27.7. The lowest BCUT2D eigenvalue weighted by Gasteiger charge is -2.46. The standard InChI is InChI=1S/C16H17BrFN3O2S/c1-16(13-9(17)5-6-24-13)12(14(23)21(2)15(19)20-16)8-3-4-10(18)11(22)7-8/h3-4,7,12,22H,5-6H2,1-2H3,(H2,19,20)/t12?,16-/m0/s1. The highest BCUT2D eigenvalue weighted by Crippen LogP contribution is 2.49. The molecule has 0 saturated carbocycles. The van der Waals surface area contributed by atoms with Crippen LogP contribution in [0.1, 0.15) is 24.8 Å². The van der Waals surface area contributed by atoms with Gasteiger partial charge in [-0.1, -0.05) is 22.0 Å². The number of phenolic OH excluding ortho intramolecular Hbond substituents is 1. The molecule has 8 heteroatoms. The molecule has 1 fully saturated rings. The third kappa shape index (κ3) is 2.61. The molecule has 5 nitrogen and oxygen atoms in total. The fourth-order valence-electron chi connectivity index (χ4n) is 3.19. The van der Waals surface area contributed by atoms with E-state index in [0.717, 1.165) is 27.6 Å². The minimum atomic E-state index is -0.842. The Labute approximate surface area is 151 Å². The number of allylic oxidation sites excluding steroid dienone is 1. The first-order chi connectivity index (χ1) is 11.3. The Kier molecular flexibility index (Phi) is 4.37. The van der Waals surface area contributed by atoms with Crippen LogP contribution in [0.4, 0.5) is 4.39 Å². The number of nitrogens with one attached hydrogen (secondary N) is 2. The first-order valence-electron chi connectivity index (χ1n) is 7.40. The molecule has 1 aromatic carbocycles. The van der Waals surface area contributed by atoms with Crippen molar-refractivity contribution in [2.45, 2.75) is 24.8 Å². The minimum Gasteiger partial charge on any atom is -0.505 e. The van der Waals surface area contributed by atoms with Crippen molar-refractivity contribution in [3.05, 3.63) is 39.0 Å². The lowest BCUT2D eigenvalue weighted by molar-refractivity contribution is -0.130. The van der Waals surface area contributed by atoms with Crippen LogP contribution in [-0.4, -0.2) is 40.2 Å². The van der Waals surface area contributed by atoms with E-state index in [1.165, 1.54) is 24.1 Å². The van der Waals surface area contributed by atoms with Crippen molar-refractivity contribution in [2.75, 3.05) is 12.8 Å². The molecule has 0 bridgehead atoms. The summed E-state index contributed by atoms with van der Waals surface area (Å²) in [6.45, 7) is 1.87. The van der Waals surface area contributed by atoms with E-state index in [9.17, 15) is 14.3 Å². The molecule has 0 aliphatic carbocycles. The molecule has 0 radical (unpaired) electrons. The number of hydrogen-bond acceptors (Lipinski definition) is 4. The summed E-state index contributed by atoms with van der Waals surface area (Å²) >= 11 is 5.20. The molecule has 3 N–H and O–H groups in total. The first kappa shape index (κ1) is 17.3. The summed E-state index contributed by atoms with van der Waals surface area (Å²) in [7, 11) is 1.53. The van der Waals surface area contributed by atoms with Gasteiger partial charge in [0.2, 0.25) is 5.91 Å². The lowest BCUT2D eigenvalue weighted by atomic mass is 9.77. The van der Waals surface area contributed by atoms with E-state index in [1.807, 2.05) is 6.92 Å². The summed E-state index contributed by atoms with van der Waals surface area (Å²) in [5.41, 5.74) is -0.334. The minimum absolute atomic E-state index is 0.0189. The van der Waals surface area contributed by atoms with Crippen molar-refractivity contribution in [2.24, 2.45) is 0 Å². The number of likely N-dealkylation sites (N-methyl/N-ethyl adjacent to an activating group) is 1. The van der Waals surface area contributed by atoms with Crippen LogP contribution in [0.3, 0.4) is 0 Å². The van der Waals surface area contributed by atoms with Crippen LogP contribution in [0.5, 0.6) is 5.75 Å². The van der Waals surface area contributed by atoms with Gasteiger partial charge in [-0.05, 0) is 31.0 Å². The van der Waals surface area contributed by atoms with Crippen molar-refractivity contribution in [3.8, 4) is 5.75 Å². The number of halogens is 2. The Bertz CT molecular complexity index is 770. The van der Waals surface area contributed by atoms with Crippen molar-refractivity contribution < 1.29 is 14.3 Å². The first-order valence-corrected chi connectivity index (χ1v) is 9.18. The zero-order valence-electron chi connectivity index (χ0n) is 13.2. The van der Waals surface area contributed by atoms with Crippen LogP contribution in [-0.2, 0) is 4.79 Å². The van der Waals surface area contributed by atoms with E-state index in [1.54, 1.807) is 11.8 Å². The van der Waals surface area contributed by atoms with Crippen LogP contribution in [0.15, 0.2) is 27.6 Å². The van der Waals surface area contributed by atoms with Gasteiger partial charge in [-0.2, -0.15) is 0 Å². The second-order valence-corrected chi connectivity index (χ2v) is 8.11. The zero-order valence-corrected chi connectivity index (χ0v) is 15.6. The largest absolute Gasteiger partial charge is 0.505 e. The number of rotatable bonds is 2. The van der Waals surface area contributed by atoms with Gasteiger partial charge in [-0.25, -0.2) is 4.39 Å². The molecule has 24 heavy (non-hydrogen) atoms. The molecule has 0 aromatic heterocycles. The van der Waals surface area contributed by atoms with E-state index in [4.69, 9.17) is 5.41 Å². The lowest BCUT2D eigenvalue weighted by Crippen LogP contribution is -2.64. The van der Waals surface area contributed by atoms with E-state index >= 15 is 0 Å². The fourth-order valence-corrected chi connectivity index (χ4v) is 5.65. The van der Waals surface area contributed by atoms with E-state index < -0.39 is 23.0 Å². The number of guanidine groups is 1. The van der Waals surface area contributed by atoms with Gasteiger partial charge < -0.3 is 10.4 Å². The number of phenols is 1. The Balaban J connectivity index is 2.16. The highest BCUT2D eigenvalue weighted by Gasteiger charge is 2.51. The van der Waals surface area contributed by atoms with E-state index in [2.05, 4.69) is 21.2 Å². The van der Waals surface area contributed by atoms with E-state index in [-0.39, 0.29) is 11.9 Å². The monoisotopic (exact) mass is 413 g/mol. The molecular weight excluding hydrogens is 397 g/mol. The number of amides is 1. The third-order valence-electron chi connectivity index (χ3n) is 4.46. The summed E-state index contributed by atoms with van der Waals surface area (Å²) < 4.78 is 14.4. The van der Waals surface area contributed by atoms with Gasteiger partial charge in [0.15, 0.2) is 17.5 Å². The number of carbonyl (C=O) groups is 1.